The Balaban J connectivity index is 2.46. The summed E-state index contributed by atoms with van der Waals surface area (Å²) in [6.07, 6.45) is 2.35. The average Bonchev–Trinajstić information content (AvgIpc) is 2.51. The van der Waals surface area contributed by atoms with Gasteiger partial charge in [0.1, 0.15) is 10.3 Å². The third-order valence-electron chi connectivity index (χ3n) is 3.35. The monoisotopic (exact) mass is 398 g/mol. The quantitative estimate of drug-likeness (QED) is 0.592. The van der Waals surface area contributed by atoms with Gasteiger partial charge in [-0.05, 0) is 40.9 Å². The molecule has 122 valence electrons. The van der Waals surface area contributed by atoms with Gasteiger partial charge in [0.05, 0.1) is 12.2 Å². The molecule has 0 spiro atoms. The molecule has 0 radical (unpaired) electrons. The molecule has 2 rings (SSSR count). The van der Waals surface area contributed by atoms with Crippen molar-refractivity contribution < 1.29 is 4.79 Å². The smallest absolute Gasteiger partial charge is 0.223 e. The van der Waals surface area contributed by atoms with Crippen LogP contribution in [0.4, 0.5) is 17.5 Å². The number of amides is 1. The Bertz CT molecular complexity index is 755. The highest BCUT2D eigenvalue weighted by Crippen LogP contribution is 2.31. The van der Waals surface area contributed by atoms with Gasteiger partial charge in [-0.2, -0.15) is 4.98 Å². The number of hydrogen-bond acceptors (Lipinski definition) is 6. The fourth-order valence-electron chi connectivity index (χ4n) is 2.09. The predicted octanol–water partition coefficient (Wildman–Crippen LogP) is 2.69. The van der Waals surface area contributed by atoms with Crippen molar-refractivity contribution in [2.75, 3.05) is 23.0 Å². The van der Waals surface area contributed by atoms with E-state index in [0.717, 1.165) is 11.1 Å². The maximum atomic E-state index is 11.6. The SMILES string of the molecule is CNc1c(Br)nc(N)nc1N(C=O)Cc1ncc(C)c(Cl)c1C. The molecule has 0 aliphatic carbocycles. The number of nitrogens with one attached hydrogen (secondary N) is 1. The second-order valence-corrected chi connectivity index (χ2v) is 6.01. The molecule has 2 aromatic rings. The Kier molecular flexibility index (Phi) is 5.38. The van der Waals surface area contributed by atoms with Crippen molar-refractivity contribution in [1.29, 1.82) is 0 Å². The molecule has 2 heterocycles. The van der Waals surface area contributed by atoms with Gasteiger partial charge in [-0.1, -0.05) is 11.6 Å². The molecular weight excluding hydrogens is 384 g/mol. The summed E-state index contributed by atoms with van der Waals surface area (Å²) in [5, 5.41) is 3.59. The zero-order chi connectivity index (χ0) is 17.1. The number of aryl methyl sites for hydroxylation is 1. The minimum Gasteiger partial charge on any atom is -0.383 e. The van der Waals surface area contributed by atoms with Crippen LogP contribution in [0.25, 0.3) is 0 Å². The summed E-state index contributed by atoms with van der Waals surface area (Å²) in [7, 11) is 1.71. The van der Waals surface area contributed by atoms with Gasteiger partial charge in [-0.3, -0.25) is 14.7 Å². The number of nitrogen functional groups attached to an aromatic ring is 1. The van der Waals surface area contributed by atoms with E-state index in [4.69, 9.17) is 17.3 Å². The number of hydrogen-bond donors (Lipinski definition) is 2. The van der Waals surface area contributed by atoms with E-state index in [0.29, 0.717) is 33.2 Å². The lowest BCUT2D eigenvalue weighted by Crippen LogP contribution is -2.25. The first-order valence-corrected chi connectivity index (χ1v) is 7.89. The van der Waals surface area contributed by atoms with Crippen LogP contribution in [-0.4, -0.2) is 28.4 Å². The average molecular weight is 400 g/mol. The standard InChI is InChI=1S/C14H16BrClN6O/c1-7-4-19-9(8(2)10(7)16)5-22(6-23)13-11(18-3)12(15)20-14(17)21-13/h4,6,18H,5H2,1-3H3,(H2,17,20,21). The predicted molar refractivity (Wildman–Crippen MR) is 94.7 cm³/mol. The van der Waals surface area contributed by atoms with E-state index in [-0.39, 0.29) is 12.5 Å². The van der Waals surface area contributed by atoms with Crippen molar-refractivity contribution >= 4 is 51.4 Å². The van der Waals surface area contributed by atoms with Crippen LogP contribution in [0.3, 0.4) is 0 Å². The molecule has 9 heteroatoms. The molecule has 0 fully saturated rings. The van der Waals surface area contributed by atoms with Crippen LogP contribution in [0.2, 0.25) is 5.02 Å². The van der Waals surface area contributed by atoms with Gasteiger partial charge < -0.3 is 11.1 Å². The van der Waals surface area contributed by atoms with Crippen molar-refractivity contribution in [2.24, 2.45) is 0 Å². The van der Waals surface area contributed by atoms with Gasteiger partial charge in [0.15, 0.2) is 5.82 Å². The van der Waals surface area contributed by atoms with E-state index in [1.807, 2.05) is 13.8 Å². The van der Waals surface area contributed by atoms with Crippen LogP contribution in [0, 0.1) is 13.8 Å². The van der Waals surface area contributed by atoms with Crippen LogP contribution in [0.5, 0.6) is 0 Å². The maximum Gasteiger partial charge on any atom is 0.223 e. The van der Waals surface area contributed by atoms with E-state index in [2.05, 4.69) is 36.2 Å². The number of aromatic nitrogens is 3. The van der Waals surface area contributed by atoms with Crippen molar-refractivity contribution in [2.45, 2.75) is 20.4 Å². The number of nitrogens with two attached hydrogens (primary N) is 1. The number of pyridine rings is 1. The largest absolute Gasteiger partial charge is 0.383 e. The molecule has 0 atom stereocenters. The number of carbonyl (C=O) groups is 1. The lowest BCUT2D eigenvalue weighted by molar-refractivity contribution is -0.107. The Labute approximate surface area is 147 Å². The molecule has 1 amide bonds. The fraction of sp³-hybridized carbons (Fsp3) is 0.286. The number of carbonyl (C=O) groups excluding carboxylic acids is 1. The maximum absolute atomic E-state index is 11.6. The summed E-state index contributed by atoms with van der Waals surface area (Å²) in [5.74, 6) is 0.420. The zero-order valence-corrected chi connectivity index (χ0v) is 15.2. The number of nitrogens with zero attached hydrogens (tertiary/aromatic N) is 4. The van der Waals surface area contributed by atoms with Gasteiger partial charge in [-0.15, -0.1) is 0 Å². The molecule has 0 bridgehead atoms. The van der Waals surface area contributed by atoms with Crippen LogP contribution >= 0.6 is 27.5 Å². The topological polar surface area (TPSA) is 97.0 Å². The van der Waals surface area contributed by atoms with Gasteiger partial charge in [-0.25, -0.2) is 4.98 Å². The second-order valence-electron chi connectivity index (χ2n) is 4.88. The zero-order valence-electron chi connectivity index (χ0n) is 12.9. The number of halogens is 2. The van der Waals surface area contributed by atoms with Crippen LogP contribution in [0.1, 0.15) is 16.8 Å². The number of rotatable bonds is 5. The molecule has 0 aliphatic heterocycles. The molecule has 0 saturated carbocycles. The Morgan fingerprint density at radius 2 is 2.13 bits per heavy atom. The lowest BCUT2D eigenvalue weighted by atomic mass is 10.1. The van der Waals surface area contributed by atoms with Crippen LogP contribution in [0.15, 0.2) is 10.8 Å². The summed E-state index contributed by atoms with van der Waals surface area (Å²) in [6, 6.07) is 0. The third-order valence-corrected chi connectivity index (χ3v) is 4.51. The third kappa shape index (κ3) is 3.53. The van der Waals surface area contributed by atoms with Crippen LogP contribution < -0.4 is 16.0 Å². The molecule has 7 nitrogen and oxygen atoms in total. The molecule has 0 aliphatic rings. The minimum absolute atomic E-state index is 0.0596. The van der Waals surface area contributed by atoms with Gasteiger partial charge in [0.25, 0.3) is 0 Å². The first kappa shape index (κ1) is 17.4. The normalized spacial score (nSPS) is 10.5. The highest BCUT2D eigenvalue weighted by atomic mass is 79.9. The molecule has 23 heavy (non-hydrogen) atoms. The fourth-order valence-corrected chi connectivity index (χ4v) is 2.81. The van der Waals surface area contributed by atoms with Gasteiger partial charge >= 0.3 is 0 Å². The Hall–Kier alpha value is -1.93. The van der Waals surface area contributed by atoms with E-state index < -0.39 is 0 Å². The second kappa shape index (κ2) is 7.10. The molecule has 3 N–H and O–H groups in total. The van der Waals surface area contributed by atoms with E-state index in [9.17, 15) is 4.79 Å². The van der Waals surface area contributed by atoms with Crippen molar-refractivity contribution in [3.63, 3.8) is 0 Å². The molecule has 0 unspecified atom stereocenters. The molecular formula is C14H16BrClN6O. The summed E-state index contributed by atoms with van der Waals surface area (Å²) < 4.78 is 0.473. The van der Waals surface area contributed by atoms with Gasteiger partial charge in [0, 0.05) is 18.3 Å². The Morgan fingerprint density at radius 1 is 1.43 bits per heavy atom. The van der Waals surface area contributed by atoms with Crippen molar-refractivity contribution in [3.05, 3.63) is 32.6 Å². The van der Waals surface area contributed by atoms with E-state index in [1.54, 1.807) is 13.2 Å². The van der Waals surface area contributed by atoms with Crippen molar-refractivity contribution in [3.8, 4) is 0 Å². The lowest BCUT2D eigenvalue weighted by Gasteiger charge is -2.21. The highest BCUT2D eigenvalue weighted by Gasteiger charge is 2.19. The Morgan fingerprint density at radius 3 is 2.74 bits per heavy atom. The van der Waals surface area contributed by atoms with Crippen LogP contribution in [-0.2, 0) is 11.3 Å². The summed E-state index contributed by atoms with van der Waals surface area (Å²) in [4.78, 5) is 25.5. The summed E-state index contributed by atoms with van der Waals surface area (Å²) >= 11 is 9.56. The first-order chi connectivity index (χ1) is 10.9. The molecule has 0 saturated heterocycles. The first-order valence-electron chi connectivity index (χ1n) is 6.72. The minimum atomic E-state index is 0.0596. The summed E-state index contributed by atoms with van der Waals surface area (Å²) in [5.41, 5.74) is 8.63. The number of anilines is 3. The molecule has 2 aromatic heterocycles. The molecule has 0 aromatic carbocycles. The highest BCUT2D eigenvalue weighted by molar-refractivity contribution is 9.10. The van der Waals surface area contributed by atoms with Crippen molar-refractivity contribution in [1.82, 2.24) is 15.0 Å². The van der Waals surface area contributed by atoms with Gasteiger partial charge in [0.2, 0.25) is 12.4 Å². The van der Waals surface area contributed by atoms with E-state index in [1.165, 1.54) is 4.90 Å². The van der Waals surface area contributed by atoms with E-state index >= 15 is 0 Å². The summed E-state index contributed by atoms with van der Waals surface area (Å²) in [6.45, 7) is 3.96.